The Morgan fingerprint density at radius 3 is 2.68 bits per heavy atom. The van der Waals surface area contributed by atoms with E-state index < -0.39 is 17.7 Å². The van der Waals surface area contributed by atoms with Crippen LogP contribution >= 0.6 is 0 Å². The number of rotatable bonds is 10. The SMILES string of the molecule is CCc1cc(=O)oc2c(C)c(O[C@@H](C)C(=O)NCCCCCC(=O)[O-])ccc12. The van der Waals surface area contributed by atoms with Crippen LogP contribution in [0.1, 0.15) is 50.7 Å². The van der Waals surface area contributed by atoms with Crippen molar-refractivity contribution in [3.8, 4) is 5.75 Å². The predicted molar refractivity (Wildman–Crippen MR) is 103 cm³/mol. The molecule has 0 spiro atoms. The molecule has 1 heterocycles. The van der Waals surface area contributed by atoms with E-state index in [2.05, 4.69) is 5.32 Å². The highest BCUT2D eigenvalue weighted by molar-refractivity contribution is 5.85. The fraction of sp³-hybridized carbons (Fsp3) is 0.476. The summed E-state index contributed by atoms with van der Waals surface area (Å²) < 4.78 is 11.1. The molecular weight excluding hydrogens is 362 g/mol. The molecular formula is C21H26NO6-. The number of hydrogen-bond donors (Lipinski definition) is 1. The minimum Gasteiger partial charge on any atom is -0.550 e. The van der Waals surface area contributed by atoms with Crippen LogP contribution in [0.4, 0.5) is 0 Å². The standard InChI is InChI=1S/C21H27NO6/c1-4-15-12-19(25)28-20-13(2)17(10-9-16(15)20)27-14(3)21(26)22-11-7-5-6-8-18(23)24/h9-10,12,14H,4-8,11H2,1-3H3,(H,22,26)(H,23,24)/p-1/t14-/m0/s1. The summed E-state index contributed by atoms with van der Waals surface area (Å²) in [6.45, 7) is 5.86. The second-order valence-electron chi connectivity index (χ2n) is 6.74. The summed E-state index contributed by atoms with van der Waals surface area (Å²) in [5.74, 6) is -0.831. The van der Waals surface area contributed by atoms with Gasteiger partial charge in [0.2, 0.25) is 0 Å². The second kappa shape index (κ2) is 9.92. The van der Waals surface area contributed by atoms with Gasteiger partial charge in [0.15, 0.2) is 6.10 Å². The van der Waals surface area contributed by atoms with Gasteiger partial charge < -0.3 is 24.4 Å². The third kappa shape index (κ3) is 5.58. The van der Waals surface area contributed by atoms with Crippen LogP contribution in [0.5, 0.6) is 5.75 Å². The molecule has 1 amide bonds. The molecule has 1 atom stereocenters. The minimum atomic E-state index is -1.06. The lowest BCUT2D eigenvalue weighted by Crippen LogP contribution is -2.37. The lowest BCUT2D eigenvalue weighted by Gasteiger charge is -2.17. The van der Waals surface area contributed by atoms with Crippen molar-refractivity contribution in [1.29, 1.82) is 0 Å². The smallest absolute Gasteiger partial charge is 0.336 e. The Labute approximate surface area is 163 Å². The molecule has 0 radical (unpaired) electrons. The van der Waals surface area contributed by atoms with Crippen LogP contribution in [-0.2, 0) is 16.0 Å². The number of ether oxygens (including phenoxy) is 1. The van der Waals surface area contributed by atoms with Gasteiger partial charge in [0.05, 0.1) is 0 Å². The summed E-state index contributed by atoms with van der Waals surface area (Å²) in [6.07, 6.45) is 1.94. The zero-order valence-corrected chi connectivity index (χ0v) is 16.5. The van der Waals surface area contributed by atoms with E-state index in [0.717, 1.165) is 10.9 Å². The minimum absolute atomic E-state index is 0.0323. The van der Waals surface area contributed by atoms with Crippen LogP contribution in [0.15, 0.2) is 27.4 Å². The van der Waals surface area contributed by atoms with Crippen LogP contribution in [0.3, 0.4) is 0 Å². The zero-order valence-electron chi connectivity index (χ0n) is 16.5. The molecule has 7 nitrogen and oxygen atoms in total. The van der Waals surface area contributed by atoms with Gasteiger partial charge in [-0.2, -0.15) is 0 Å². The summed E-state index contributed by atoms with van der Waals surface area (Å²) in [7, 11) is 0. The molecule has 152 valence electrons. The number of fused-ring (bicyclic) bond motifs is 1. The molecule has 28 heavy (non-hydrogen) atoms. The highest BCUT2D eigenvalue weighted by Gasteiger charge is 2.17. The van der Waals surface area contributed by atoms with Gasteiger partial charge in [0.25, 0.3) is 5.91 Å². The molecule has 0 aliphatic rings. The summed E-state index contributed by atoms with van der Waals surface area (Å²) in [5, 5.41) is 14.0. The maximum Gasteiger partial charge on any atom is 0.336 e. The fourth-order valence-electron chi connectivity index (χ4n) is 3.00. The zero-order chi connectivity index (χ0) is 20.7. The lowest BCUT2D eigenvalue weighted by molar-refractivity contribution is -0.305. The third-order valence-electron chi connectivity index (χ3n) is 4.61. The molecule has 0 saturated heterocycles. The van der Waals surface area contributed by atoms with Crippen LogP contribution < -0.4 is 20.8 Å². The second-order valence-corrected chi connectivity index (χ2v) is 6.74. The number of carboxylic acids is 1. The van der Waals surface area contributed by atoms with E-state index in [1.165, 1.54) is 6.07 Å². The van der Waals surface area contributed by atoms with E-state index >= 15 is 0 Å². The van der Waals surface area contributed by atoms with Crippen molar-refractivity contribution in [3.63, 3.8) is 0 Å². The van der Waals surface area contributed by atoms with E-state index in [0.29, 0.717) is 49.1 Å². The largest absolute Gasteiger partial charge is 0.550 e. The lowest BCUT2D eigenvalue weighted by atomic mass is 10.0. The first-order valence-electron chi connectivity index (χ1n) is 9.54. The Kier molecular flexibility index (Phi) is 7.61. The Morgan fingerprint density at radius 1 is 1.25 bits per heavy atom. The first-order chi connectivity index (χ1) is 13.3. The molecule has 0 aliphatic heterocycles. The highest BCUT2D eigenvalue weighted by Crippen LogP contribution is 2.29. The Bertz CT molecular complexity index is 902. The van der Waals surface area contributed by atoms with E-state index in [1.807, 2.05) is 13.0 Å². The summed E-state index contributed by atoms with van der Waals surface area (Å²) in [5.41, 5.74) is 1.65. The molecule has 1 N–H and O–H groups in total. The molecule has 0 bridgehead atoms. The van der Waals surface area contributed by atoms with E-state index in [4.69, 9.17) is 9.15 Å². The number of aliphatic carboxylic acids is 1. The molecule has 0 aliphatic carbocycles. The Morgan fingerprint density at radius 2 is 2.00 bits per heavy atom. The Hall–Kier alpha value is -2.83. The van der Waals surface area contributed by atoms with Crippen LogP contribution in [0, 0.1) is 6.92 Å². The number of nitrogens with one attached hydrogen (secondary N) is 1. The van der Waals surface area contributed by atoms with Crippen molar-refractivity contribution in [1.82, 2.24) is 5.32 Å². The number of amides is 1. The number of unbranched alkanes of at least 4 members (excludes halogenated alkanes) is 2. The molecule has 2 aromatic rings. The van der Waals surface area contributed by atoms with Gasteiger partial charge >= 0.3 is 5.63 Å². The molecule has 0 unspecified atom stereocenters. The normalized spacial score (nSPS) is 12.0. The summed E-state index contributed by atoms with van der Waals surface area (Å²) >= 11 is 0. The van der Waals surface area contributed by atoms with Crippen molar-refractivity contribution >= 4 is 22.8 Å². The number of carboxylic acid groups (broad SMARTS) is 1. The molecule has 0 saturated carbocycles. The maximum absolute atomic E-state index is 12.2. The molecule has 7 heteroatoms. The Balaban J connectivity index is 1.98. The first kappa shape index (κ1) is 21.5. The quantitative estimate of drug-likeness (QED) is 0.491. The number of carbonyl (C=O) groups is 2. The summed E-state index contributed by atoms with van der Waals surface area (Å²) in [4.78, 5) is 34.3. The van der Waals surface area contributed by atoms with Crippen LogP contribution in [0.2, 0.25) is 0 Å². The highest BCUT2D eigenvalue weighted by atomic mass is 16.5. The van der Waals surface area contributed by atoms with Gasteiger partial charge in [-0.05, 0) is 57.2 Å². The fourth-order valence-corrected chi connectivity index (χ4v) is 3.00. The molecule has 0 fully saturated rings. The van der Waals surface area contributed by atoms with Crippen molar-refractivity contribution in [3.05, 3.63) is 39.7 Å². The first-order valence-corrected chi connectivity index (χ1v) is 9.54. The number of benzene rings is 1. The average Bonchev–Trinajstić information content (AvgIpc) is 2.65. The van der Waals surface area contributed by atoms with E-state index in [1.54, 1.807) is 19.9 Å². The van der Waals surface area contributed by atoms with Crippen molar-refractivity contribution < 1.29 is 23.8 Å². The molecule has 2 rings (SSSR count). The molecule has 1 aromatic heterocycles. The maximum atomic E-state index is 12.2. The monoisotopic (exact) mass is 388 g/mol. The van der Waals surface area contributed by atoms with Gasteiger partial charge in [-0.25, -0.2) is 4.79 Å². The van der Waals surface area contributed by atoms with E-state index in [9.17, 15) is 19.5 Å². The van der Waals surface area contributed by atoms with Gasteiger partial charge in [0.1, 0.15) is 11.3 Å². The van der Waals surface area contributed by atoms with Gasteiger partial charge in [-0.3, -0.25) is 4.79 Å². The van der Waals surface area contributed by atoms with Crippen LogP contribution in [0.25, 0.3) is 11.0 Å². The van der Waals surface area contributed by atoms with Crippen LogP contribution in [-0.4, -0.2) is 24.5 Å². The number of aryl methyl sites for hydroxylation is 2. The van der Waals surface area contributed by atoms with Crippen molar-refractivity contribution in [2.24, 2.45) is 0 Å². The van der Waals surface area contributed by atoms with Crippen molar-refractivity contribution in [2.45, 2.75) is 59.0 Å². The number of hydrogen-bond acceptors (Lipinski definition) is 6. The van der Waals surface area contributed by atoms with Crippen molar-refractivity contribution in [2.75, 3.05) is 6.54 Å². The molecule has 1 aromatic carbocycles. The summed E-state index contributed by atoms with van der Waals surface area (Å²) in [6, 6.07) is 5.10. The van der Waals surface area contributed by atoms with E-state index in [-0.39, 0.29) is 12.3 Å². The topological polar surface area (TPSA) is 109 Å². The van der Waals surface area contributed by atoms with Gasteiger partial charge in [-0.15, -0.1) is 0 Å². The van der Waals surface area contributed by atoms with Gasteiger partial charge in [-0.1, -0.05) is 13.3 Å². The van der Waals surface area contributed by atoms with Gasteiger partial charge in [0, 0.05) is 29.5 Å². The number of carbonyl (C=O) groups excluding carboxylic acids is 2. The average molecular weight is 388 g/mol. The third-order valence-corrected chi connectivity index (χ3v) is 4.61. The predicted octanol–water partition coefficient (Wildman–Crippen LogP) is 1.86.